The van der Waals surface area contributed by atoms with Gasteiger partial charge in [0.15, 0.2) is 0 Å². The van der Waals surface area contributed by atoms with Gasteiger partial charge in [0.25, 0.3) is 5.88 Å². The van der Waals surface area contributed by atoms with Crippen molar-refractivity contribution >= 4 is 35.0 Å². The van der Waals surface area contributed by atoms with Crippen LogP contribution in [-0.2, 0) is 0 Å². The lowest BCUT2D eigenvalue weighted by molar-refractivity contribution is 0.600. The minimum atomic E-state index is 0.0879. The molecule has 0 fully saturated rings. The lowest BCUT2D eigenvalue weighted by Gasteiger charge is -1.85. The predicted molar refractivity (Wildman–Crippen MR) is 38.3 cm³/mol. The van der Waals surface area contributed by atoms with E-state index in [1.54, 1.807) is 0 Å². The molecule has 0 radical (unpaired) electrons. The summed E-state index contributed by atoms with van der Waals surface area (Å²) in [5, 5.41) is 8.53. The summed E-state index contributed by atoms with van der Waals surface area (Å²) < 4.78 is 7.85. The Balaban J connectivity index is 3.12. The van der Waals surface area contributed by atoms with Crippen LogP contribution in [0.5, 0.6) is 5.88 Å². The summed E-state index contributed by atoms with van der Waals surface area (Å²) in [4.78, 5) is 0.303. The Bertz CT molecular complexity index is 279. The van der Waals surface area contributed by atoms with Gasteiger partial charge in [-0.25, -0.2) is 0 Å². The molecule has 10 heavy (non-hydrogen) atoms. The monoisotopic (exact) mass is 194 g/mol. The van der Waals surface area contributed by atoms with Crippen molar-refractivity contribution in [2.24, 2.45) is 0 Å². The van der Waals surface area contributed by atoms with E-state index >= 15 is 0 Å². The topological polar surface area (TPSA) is 45.9 Å². The number of nitrogens with zero attached hydrogens (tertiary/aromatic N) is 2. The highest BCUT2D eigenvalue weighted by Gasteiger charge is 2.11. The Hall–Kier alpha value is -0.500. The highest BCUT2D eigenvalue weighted by molar-refractivity contribution is 7.07. The van der Waals surface area contributed by atoms with E-state index in [0.29, 0.717) is 4.88 Å². The number of hydrogen-bond acceptors (Lipinski definition) is 4. The highest BCUT2D eigenvalue weighted by atomic mass is 35.5. The molecule has 0 bridgehead atoms. The van der Waals surface area contributed by atoms with E-state index < -0.39 is 0 Å². The van der Waals surface area contributed by atoms with E-state index in [0.717, 1.165) is 11.5 Å². The third kappa shape index (κ3) is 1.16. The molecule has 0 saturated carbocycles. The van der Waals surface area contributed by atoms with E-state index in [-0.39, 0.29) is 10.9 Å². The van der Waals surface area contributed by atoms with Crippen molar-refractivity contribution in [2.75, 3.05) is 0 Å². The molecule has 0 unspecified atom stereocenters. The van der Waals surface area contributed by atoms with Crippen molar-refractivity contribution in [3.8, 4) is 11.9 Å². The van der Waals surface area contributed by atoms with Gasteiger partial charge in [-0.2, -0.15) is 9.64 Å². The number of hydrogen-bond donors (Lipinski definition) is 0. The Labute approximate surface area is 71.1 Å². The van der Waals surface area contributed by atoms with Gasteiger partial charge in [-0.3, -0.25) is 0 Å². The van der Waals surface area contributed by atoms with Crippen molar-refractivity contribution in [2.45, 2.75) is 0 Å². The number of rotatable bonds is 1. The standard InChI is InChI=1S/C4Cl2N2OS/c5-3-2(1-7)10-8-4(3)9-6. The third-order valence-corrected chi connectivity index (χ3v) is 2.13. The molecule has 3 nitrogen and oxygen atoms in total. The van der Waals surface area contributed by atoms with Gasteiger partial charge in [-0.1, -0.05) is 11.6 Å². The second kappa shape index (κ2) is 3.06. The fraction of sp³-hybridized carbons (Fsp3) is 0. The van der Waals surface area contributed by atoms with Gasteiger partial charge in [0.05, 0.1) is 0 Å². The van der Waals surface area contributed by atoms with Crippen LogP contribution >= 0.6 is 35.0 Å². The molecule has 52 valence electrons. The molecular formula is C4Cl2N2OS. The van der Waals surface area contributed by atoms with Crippen LogP contribution in [0.4, 0.5) is 0 Å². The quantitative estimate of drug-likeness (QED) is 0.689. The van der Waals surface area contributed by atoms with Crippen molar-refractivity contribution in [3.05, 3.63) is 9.90 Å². The minimum Gasteiger partial charge on any atom is -0.362 e. The summed E-state index contributed by atoms with van der Waals surface area (Å²) in [6, 6.07) is 1.84. The molecule has 0 atom stereocenters. The summed E-state index contributed by atoms with van der Waals surface area (Å²) in [6.07, 6.45) is 0. The summed E-state index contributed by atoms with van der Waals surface area (Å²) >= 11 is 11.4. The molecule has 1 aromatic heterocycles. The molecule has 0 spiro atoms. The van der Waals surface area contributed by atoms with Crippen molar-refractivity contribution in [1.29, 1.82) is 5.26 Å². The molecular weight excluding hydrogens is 195 g/mol. The van der Waals surface area contributed by atoms with Crippen LogP contribution in [-0.4, -0.2) is 4.37 Å². The average molecular weight is 195 g/mol. The fourth-order valence-electron chi connectivity index (χ4n) is 0.382. The highest BCUT2D eigenvalue weighted by Crippen LogP contribution is 2.30. The first-order valence-electron chi connectivity index (χ1n) is 2.13. The molecule has 0 N–H and O–H groups in total. The zero-order valence-corrected chi connectivity index (χ0v) is 6.80. The smallest absolute Gasteiger partial charge is 0.268 e. The number of halogens is 2. The van der Waals surface area contributed by atoms with Gasteiger partial charge in [-0.15, -0.1) is 0 Å². The molecule has 1 aromatic rings. The van der Waals surface area contributed by atoms with Crippen LogP contribution in [0.1, 0.15) is 4.88 Å². The zero-order valence-electron chi connectivity index (χ0n) is 4.47. The molecule has 1 rings (SSSR count). The largest absolute Gasteiger partial charge is 0.362 e. The van der Waals surface area contributed by atoms with Gasteiger partial charge >= 0.3 is 0 Å². The second-order valence-electron chi connectivity index (χ2n) is 1.32. The first-order valence-corrected chi connectivity index (χ1v) is 3.59. The van der Waals surface area contributed by atoms with E-state index in [4.69, 9.17) is 28.7 Å². The maximum atomic E-state index is 8.36. The number of aromatic nitrogens is 1. The number of nitriles is 1. The van der Waals surface area contributed by atoms with Crippen LogP contribution < -0.4 is 4.29 Å². The molecule has 0 amide bonds. The Morgan fingerprint density at radius 1 is 1.70 bits per heavy atom. The van der Waals surface area contributed by atoms with Crippen LogP contribution in [0, 0.1) is 11.3 Å². The summed E-state index contributed by atoms with van der Waals surface area (Å²) in [5.41, 5.74) is 0. The van der Waals surface area contributed by atoms with Gasteiger partial charge in [0.2, 0.25) is 0 Å². The van der Waals surface area contributed by atoms with Crippen LogP contribution in [0.2, 0.25) is 5.02 Å². The van der Waals surface area contributed by atoms with E-state index in [2.05, 4.69) is 8.66 Å². The lowest BCUT2D eigenvalue weighted by atomic mass is 10.5. The Morgan fingerprint density at radius 2 is 2.40 bits per heavy atom. The molecule has 0 aliphatic heterocycles. The summed E-state index contributed by atoms with van der Waals surface area (Å²) in [7, 11) is 0. The molecule has 0 aromatic carbocycles. The van der Waals surface area contributed by atoms with Gasteiger partial charge in [-0.05, 0) is 11.5 Å². The van der Waals surface area contributed by atoms with Crippen LogP contribution in [0.3, 0.4) is 0 Å². The van der Waals surface area contributed by atoms with Crippen molar-refractivity contribution in [3.63, 3.8) is 0 Å². The first kappa shape index (κ1) is 7.61. The Morgan fingerprint density at radius 3 is 2.70 bits per heavy atom. The summed E-state index contributed by atoms with van der Waals surface area (Å²) in [6.45, 7) is 0. The van der Waals surface area contributed by atoms with E-state index in [9.17, 15) is 0 Å². The van der Waals surface area contributed by atoms with E-state index in [1.165, 1.54) is 0 Å². The lowest BCUT2D eigenvalue weighted by Crippen LogP contribution is -1.72. The first-order chi connectivity index (χ1) is 4.79. The fourth-order valence-corrected chi connectivity index (χ4v) is 1.36. The van der Waals surface area contributed by atoms with Crippen LogP contribution in [0.15, 0.2) is 0 Å². The van der Waals surface area contributed by atoms with Crippen molar-refractivity contribution in [1.82, 2.24) is 4.37 Å². The molecule has 1 heterocycles. The normalized spacial score (nSPS) is 8.90. The van der Waals surface area contributed by atoms with Crippen LogP contribution in [0.25, 0.3) is 0 Å². The van der Waals surface area contributed by atoms with E-state index in [1.807, 2.05) is 6.07 Å². The molecule has 0 saturated heterocycles. The molecule has 0 aliphatic carbocycles. The third-order valence-electron chi connectivity index (χ3n) is 0.782. The average Bonchev–Trinajstić information content (AvgIpc) is 2.30. The van der Waals surface area contributed by atoms with Crippen molar-refractivity contribution < 1.29 is 4.29 Å². The minimum absolute atomic E-state index is 0.0879. The van der Waals surface area contributed by atoms with Gasteiger partial charge < -0.3 is 4.29 Å². The SMILES string of the molecule is N#Cc1snc(OCl)c1Cl. The maximum Gasteiger partial charge on any atom is 0.268 e. The van der Waals surface area contributed by atoms with Gasteiger partial charge in [0.1, 0.15) is 27.8 Å². The predicted octanol–water partition coefficient (Wildman–Crippen LogP) is 2.20. The summed E-state index contributed by atoms with van der Waals surface area (Å²) in [5.74, 6) is 0.0879. The maximum absolute atomic E-state index is 8.36. The Kier molecular flexibility index (Phi) is 2.33. The molecule has 6 heteroatoms. The molecule has 0 aliphatic rings. The zero-order chi connectivity index (χ0) is 7.56. The second-order valence-corrected chi connectivity index (χ2v) is 2.63. The van der Waals surface area contributed by atoms with Gasteiger partial charge in [0, 0.05) is 0 Å².